The summed E-state index contributed by atoms with van der Waals surface area (Å²) in [6, 6.07) is 10.3. The van der Waals surface area contributed by atoms with Crippen LogP contribution in [0.3, 0.4) is 0 Å². The fraction of sp³-hybridized carbons (Fsp3) is 0.476. The lowest BCUT2D eigenvalue weighted by Crippen LogP contribution is -2.47. The minimum atomic E-state index is -0.496. The molecule has 1 aliphatic heterocycles. The zero-order valence-electron chi connectivity index (χ0n) is 16.4. The monoisotopic (exact) mass is 366 g/mol. The number of rotatable bonds is 2. The number of carbonyl (C=O) groups is 1. The van der Waals surface area contributed by atoms with Crippen molar-refractivity contribution in [3.05, 3.63) is 36.0 Å². The number of para-hydroxylation sites is 1. The van der Waals surface area contributed by atoms with Crippen molar-refractivity contribution in [1.82, 2.24) is 9.88 Å². The molecule has 0 bridgehead atoms. The molecule has 0 N–H and O–H groups in total. The number of nitriles is 1. The van der Waals surface area contributed by atoms with Crippen LogP contribution in [0.5, 0.6) is 0 Å². The topological polar surface area (TPSA) is 69.5 Å². The summed E-state index contributed by atoms with van der Waals surface area (Å²) in [5.74, 6) is 0. The van der Waals surface area contributed by atoms with Gasteiger partial charge in [0.15, 0.2) is 0 Å². The predicted molar refractivity (Wildman–Crippen MR) is 106 cm³/mol. The van der Waals surface area contributed by atoms with E-state index in [1.54, 1.807) is 18.1 Å². The summed E-state index contributed by atoms with van der Waals surface area (Å²) in [5.41, 5.74) is 1.93. The Morgan fingerprint density at radius 1 is 1.30 bits per heavy atom. The Morgan fingerprint density at radius 2 is 1.96 bits per heavy atom. The molecule has 0 atom stereocenters. The molecule has 0 saturated carbocycles. The fourth-order valence-electron chi connectivity index (χ4n) is 3.51. The van der Waals surface area contributed by atoms with Gasteiger partial charge in [-0.1, -0.05) is 18.2 Å². The van der Waals surface area contributed by atoms with E-state index >= 15 is 0 Å². The second-order valence-electron chi connectivity index (χ2n) is 7.96. The predicted octanol–water partition coefficient (Wildman–Crippen LogP) is 3.94. The van der Waals surface area contributed by atoms with E-state index in [1.807, 2.05) is 45.0 Å². The molecule has 0 unspecified atom stereocenters. The average molecular weight is 366 g/mol. The number of aromatic nitrogens is 1. The molecule has 1 aliphatic rings. The van der Waals surface area contributed by atoms with Gasteiger partial charge in [-0.2, -0.15) is 5.26 Å². The van der Waals surface area contributed by atoms with Crippen LogP contribution < -0.4 is 4.90 Å². The van der Waals surface area contributed by atoms with Gasteiger partial charge in [0, 0.05) is 37.8 Å². The molecule has 0 radical (unpaired) electrons. The van der Waals surface area contributed by atoms with Gasteiger partial charge >= 0.3 is 6.09 Å². The second-order valence-corrected chi connectivity index (χ2v) is 7.96. The fourth-order valence-corrected chi connectivity index (χ4v) is 3.51. The summed E-state index contributed by atoms with van der Waals surface area (Å²) in [4.78, 5) is 20.7. The van der Waals surface area contributed by atoms with Crippen molar-refractivity contribution in [1.29, 1.82) is 5.26 Å². The molecule has 1 amide bonds. The summed E-state index contributed by atoms with van der Waals surface area (Å²) < 4.78 is 5.48. The molecule has 1 saturated heterocycles. The first-order valence-electron chi connectivity index (χ1n) is 9.29. The summed E-state index contributed by atoms with van der Waals surface area (Å²) in [5, 5.41) is 10.5. The lowest BCUT2D eigenvalue weighted by molar-refractivity contribution is 0.0201. The first-order chi connectivity index (χ1) is 12.8. The third-order valence-corrected chi connectivity index (χ3v) is 4.88. The first kappa shape index (κ1) is 19.0. The van der Waals surface area contributed by atoms with Crippen LogP contribution in [0.15, 0.2) is 30.5 Å². The van der Waals surface area contributed by atoms with Crippen molar-refractivity contribution in [3.8, 4) is 6.07 Å². The number of ether oxygens (including phenoxy) is 1. The zero-order chi connectivity index (χ0) is 19.6. The Kier molecular flexibility index (Phi) is 5.22. The number of carbonyl (C=O) groups excluding carboxylic acids is 1. The number of pyridine rings is 1. The average Bonchev–Trinajstić information content (AvgIpc) is 2.65. The van der Waals surface area contributed by atoms with Crippen molar-refractivity contribution in [3.63, 3.8) is 0 Å². The molecule has 27 heavy (non-hydrogen) atoms. The largest absolute Gasteiger partial charge is 0.444 e. The lowest BCUT2D eigenvalue weighted by atomic mass is 10.0. The van der Waals surface area contributed by atoms with Gasteiger partial charge in [-0.15, -0.1) is 0 Å². The minimum Gasteiger partial charge on any atom is -0.444 e. The van der Waals surface area contributed by atoms with Crippen LogP contribution in [-0.4, -0.2) is 47.8 Å². The van der Waals surface area contributed by atoms with Crippen LogP contribution in [-0.2, 0) is 4.74 Å². The van der Waals surface area contributed by atoms with Crippen LogP contribution >= 0.6 is 0 Å². The van der Waals surface area contributed by atoms with Crippen molar-refractivity contribution in [2.45, 2.75) is 45.3 Å². The summed E-state index contributed by atoms with van der Waals surface area (Å²) in [6.45, 7) is 7.18. The Labute approximate surface area is 160 Å². The standard InChI is InChI=1S/C21H26N4O2/c1-21(2,3)27-20(26)24(4)16-9-11-25(12-10-16)19-15(13-22)14-23-18-8-6-5-7-17(18)19/h5-8,14,16H,9-12H2,1-4H3. The quantitative estimate of drug-likeness (QED) is 0.805. The summed E-state index contributed by atoms with van der Waals surface area (Å²) in [6.07, 6.45) is 3.03. The Balaban J connectivity index is 1.76. The highest BCUT2D eigenvalue weighted by molar-refractivity contribution is 5.94. The molecule has 1 aromatic carbocycles. The smallest absolute Gasteiger partial charge is 0.410 e. The van der Waals surface area contributed by atoms with E-state index in [0.29, 0.717) is 5.56 Å². The van der Waals surface area contributed by atoms with Crippen molar-refractivity contribution < 1.29 is 9.53 Å². The third-order valence-electron chi connectivity index (χ3n) is 4.88. The number of benzene rings is 1. The highest BCUT2D eigenvalue weighted by Crippen LogP contribution is 2.32. The third kappa shape index (κ3) is 4.13. The summed E-state index contributed by atoms with van der Waals surface area (Å²) in [7, 11) is 1.80. The summed E-state index contributed by atoms with van der Waals surface area (Å²) >= 11 is 0. The zero-order valence-corrected chi connectivity index (χ0v) is 16.4. The number of amides is 1. The number of hydrogen-bond acceptors (Lipinski definition) is 5. The van der Waals surface area contributed by atoms with Crippen molar-refractivity contribution in [2.75, 3.05) is 25.0 Å². The van der Waals surface area contributed by atoms with Gasteiger partial charge in [-0.25, -0.2) is 4.79 Å². The van der Waals surface area contributed by atoms with Crippen molar-refractivity contribution >= 4 is 22.7 Å². The Hall–Kier alpha value is -2.81. The molecule has 1 fully saturated rings. The second kappa shape index (κ2) is 7.43. The van der Waals surface area contributed by atoms with Gasteiger partial charge < -0.3 is 14.5 Å². The van der Waals surface area contributed by atoms with E-state index in [2.05, 4.69) is 16.0 Å². The van der Waals surface area contributed by atoms with Crippen LogP contribution in [0, 0.1) is 11.3 Å². The number of piperidine rings is 1. The number of hydrogen-bond donors (Lipinski definition) is 0. The van der Waals surface area contributed by atoms with E-state index in [9.17, 15) is 10.1 Å². The minimum absolute atomic E-state index is 0.134. The first-order valence-corrected chi connectivity index (χ1v) is 9.29. The molecule has 6 heteroatoms. The molecule has 2 heterocycles. The molecule has 2 aromatic rings. The van der Waals surface area contributed by atoms with Gasteiger partial charge in [0.2, 0.25) is 0 Å². The molecular weight excluding hydrogens is 340 g/mol. The van der Waals surface area contributed by atoms with Crippen molar-refractivity contribution in [2.24, 2.45) is 0 Å². The molecule has 1 aromatic heterocycles. The van der Waals surface area contributed by atoms with Crippen LogP contribution in [0.2, 0.25) is 0 Å². The highest BCUT2D eigenvalue weighted by atomic mass is 16.6. The molecule has 142 valence electrons. The van der Waals surface area contributed by atoms with Crippen LogP contribution in [0.1, 0.15) is 39.2 Å². The van der Waals surface area contributed by atoms with Crippen LogP contribution in [0.4, 0.5) is 10.5 Å². The number of anilines is 1. The molecule has 0 aliphatic carbocycles. The van der Waals surface area contributed by atoms with E-state index in [1.165, 1.54) is 0 Å². The molecule has 6 nitrogen and oxygen atoms in total. The number of fused-ring (bicyclic) bond motifs is 1. The van der Waals surface area contributed by atoms with E-state index in [4.69, 9.17) is 4.74 Å². The maximum Gasteiger partial charge on any atom is 0.410 e. The Bertz CT molecular complexity index is 874. The molecular formula is C21H26N4O2. The Morgan fingerprint density at radius 3 is 2.59 bits per heavy atom. The number of nitrogens with zero attached hydrogens (tertiary/aromatic N) is 4. The lowest BCUT2D eigenvalue weighted by Gasteiger charge is -2.38. The van der Waals surface area contributed by atoms with Gasteiger partial charge in [-0.3, -0.25) is 4.98 Å². The van der Waals surface area contributed by atoms with E-state index < -0.39 is 5.60 Å². The molecule has 0 spiro atoms. The maximum absolute atomic E-state index is 12.3. The highest BCUT2D eigenvalue weighted by Gasteiger charge is 2.29. The molecule has 3 rings (SSSR count). The van der Waals surface area contributed by atoms with Gasteiger partial charge in [-0.05, 0) is 39.7 Å². The van der Waals surface area contributed by atoms with E-state index in [0.717, 1.165) is 42.5 Å². The maximum atomic E-state index is 12.3. The SMILES string of the molecule is CN(C(=O)OC(C)(C)C)C1CCN(c2c(C#N)cnc3ccccc23)CC1. The van der Waals surface area contributed by atoms with Gasteiger partial charge in [0.1, 0.15) is 11.7 Å². The van der Waals surface area contributed by atoms with Gasteiger partial charge in [0.25, 0.3) is 0 Å². The normalized spacial score (nSPS) is 15.4. The van der Waals surface area contributed by atoms with E-state index in [-0.39, 0.29) is 12.1 Å². The van der Waals surface area contributed by atoms with Crippen LogP contribution in [0.25, 0.3) is 10.9 Å². The van der Waals surface area contributed by atoms with Gasteiger partial charge in [0.05, 0.1) is 16.8 Å².